The van der Waals surface area contributed by atoms with E-state index in [-0.39, 0.29) is 0 Å². The van der Waals surface area contributed by atoms with E-state index < -0.39 is 0 Å². The summed E-state index contributed by atoms with van der Waals surface area (Å²) in [5, 5.41) is 11.2. The van der Waals surface area contributed by atoms with E-state index in [1.807, 2.05) is 6.92 Å². The van der Waals surface area contributed by atoms with E-state index in [0.29, 0.717) is 5.92 Å². The van der Waals surface area contributed by atoms with Crippen LogP contribution in [0.3, 0.4) is 0 Å². The summed E-state index contributed by atoms with van der Waals surface area (Å²) >= 11 is 1.40. The zero-order chi connectivity index (χ0) is 13.0. The van der Waals surface area contributed by atoms with Crippen molar-refractivity contribution in [2.45, 2.75) is 39.5 Å². The number of rotatable bonds is 6. The number of nitrogens with zero attached hydrogens (tertiary/aromatic N) is 4. The average Bonchev–Trinajstić information content (AvgIpc) is 2.97. The molecule has 0 amide bonds. The van der Waals surface area contributed by atoms with Gasteiger partial charge in [-0.2, -0.15) is 9.47 Å². The molecule has 0 aliphatic heterocycles. The minimum Gasteiger partial charge on any atom is -0.360 e. The van der Waals surface area contributed by atoms with Crippen LogP contribution in [-0.2, 0) is 12.8 Å². The third kappa shape index (κ3) is 3.25. The predicted molar refractivity (Wildman–Crippen MR) is 72.0 cm³/mol. The lowest BCUT2D eigenvalue weighted by Gasteiger charge is -1.98. The second-order valence-electron chi connectivity index (χ2n) is 4.34. The Bertz CT molecular complexity index is 489. The van der Waals surface area contributed by atoms with E-state index in [2.05, 4.69) is 43.7 Å². The molecule has 2 aromatic heterocycles. The maximum Gasteiger partial charge on any atom is 0.202 e. The van der Waals surface area contributed by atoms with Gasteiger partial charge in [0.25, 0.3) is 0 Å². The predicted octanol–water partition coefficient (Wildman–Crippen LogP) is 2.00. The van der Waals surface area contributed by atoms with Gasteiger partial charge in [0.05, 0.1) is 0 Å². The summed E-state index contributed by atoms with van der Waals surface area (Å²) < 4.78 is 4.22. The van der Waals surface area contributed by atoms with Gasteiger partial charge in [-0.1, -0.05) is 20.8 Å². The minimum atomic E-state index is 0.359. The maximum atomic E-state index is 4.42. The number of hydrogen-bond acceptors (Lipinski definition) is 6. The van der Waals surface area contributed by atoms with Gasteiger partial charge in [0.1, 0.15) is 11.6 Å². The lowest BCUT2D eigenvalue weighted by Crippen LogP contribution is -2.06. The van der Waals surface area contributed by atoms with Crippen LogP contribution in [0.5, 0.6) is 0 Å². The Morgan fingerprint density at radius 3 is 2.78 bits per heavy atom. The molecule has 0 spiro atoms. The molecule has 6 nitrogen and oxygen atoms in total. The highest BCUT2D eigenvalue weighted by Gasteiger charge is 2.07. The van der Waals surface area contributed by atoms with Gasteiger partial charge in [0, 0.05) is 36.8 Å². The molecule has 0 aliphatic rings. The topological polar surface area (TPSA) is 79.4 Å². The van der Waals surface area contributed by atoms with Crippen molar-refractivity contribution >= 4 is 16.7 Å². The van der Waals surface area contributed by atoms with Crippen molar-refractivity contribution in [1.82, 2.24) is 24.5 Å². The first-order valence-corrected chi connectivity index (χ1v) is 6.94. The molecule has 0 unspecified atom stereocenters. The first-order chi connectivity index (χ1) is 8.69. The molecule has 2 heterocycles. The molecule has 0 fully saturated rings. The van der Waals surface area contributed by atoms with Crippen molar-refractivity contribution in [2.75, 3.05) is 11.9 Å². The Morgan fingerprint density at radius 2 is 2.17 bits per heavy atom. The summed E-state index contributed by atoms with van der Waals surface area (Å²) in [6.45, 7) is 7.00. The fourth-order valence-corrected chi connectivity index (χ4v) is 2.11. The SMILES string of the molecule is CCc1nsc(NCCc2nc(C(C)C)n[nH]2)n1. The quantitative estimate of drug-likeness (QED) is 0.836. The molecule has 0 saturated heterocycles. The first-order valence-electron chi connectivity index (χ1n) is 6.16. The van der Waals surface area contributed by atoms with Gasteiger partial charge in [0.15, 0.2) is 5.82 Å². The molecule has 18 heavy (non-hydrogen) atoms. The largest absolute Gasteiger partial charge is 0.360 e. The number of H-pyrrole nitrogens is 1. The first kappa shape index (κ1) is 12.9. The highest BCUT2D eigenvalue weighted by molar-refractivity contribution is 7.09. The van der Waals surface area contributed by atoms with Crippen LogP contribution in [0, 0.1) is 0 Å². The molecule has 7 heteroatoms. The van der Waals surface area contributed by atoms with Crippen LogP contribution in [-0.4, -0.2) is 31.1 Å². The number of hydrogen-bond donors (Lipinski definition) is 2. The van der Waals surface area contributed by atoms with E-state index in [4.69, 9.17) is 0 Å². The van der Waals surface area contributed by atoms with Crippen molar-refractivity contribution in [3.05, 3.63) is 17.5 Å². The molecule has 0 aliphatic carbocycles. The standard InChI is InChI=1S/C11H18N6S/c1-4-8-14-11(18-17-8)12-6-5-9-13-10(7(2)3)16-15-9/h7H,4-6H2,1-3H3,(H,12,14,17)(H,13,15,16). The van der Waals surface area contributed by atoms with Crippen molar-refractivity contribution in [1.29, 1.82) is 0 Å². The Labute approximate surface area is 110 Å². The third-order valence-corrected chi connectivity index (χ3v) is 3.20. The number of aromatic nitrogens is 5. The lowest BCUT2D eigenvalue weighted by molar-refractivity contribution is 0.780. The average molecular weight is 266 g/mol. The van der Waals surface area contributed by atoms with Crippen LogP contribution in [0.15, 0.2) is 0 Å². The van der Waals surface area contributed by atoms with Gasteiger partial charge in [-0.25, -0.2) is 9.97 Å². The normalized spacial score (nSPS) is 11.1. The van der Waals surface area contributed by atoms with Crippen molar-refractivity contribution in [3.8, 4) is 0 Å². The van der Waals surface area contributed by atoms with Crippen molar-refractivity contribution in [3.63, 3.8) is 0 Å². The second kappa shape index (κ2) is 5.90. The smallest absolute Gasteiger partial charge is 0.202 e. The Kier molecular flexibility index (Phi) is 4.24. The highest BCUT2D eigenvalue weighted by Crippen LogP contribution is 2.11. The Morgan fingerprint density at radius 1 is 1.33 bits per heavy atom. The molecule has 0 saturated carbocycles. The van der Waals surface area contributed by atoms with E-state index in [1.54, 1.807) is 0 Å². The number of aryl methyl sites for hydroxylation is 1. The molecule has 2 N–H and O–H groups in total. The number of aromatic amines is 1. The van der Waals surface area contributed by atoms with Crippen LogP contribution >= 0.6 is 11.5 Å². The van der Waals surface area contributed by atoms with Gasteiger partial charge in [-0.3, -0.25) is 5.10 Å². The molecule has 98 valence electrons. The summed E-state index contributed by atoms with van der Waals surface area (Å²) in [6, 6.07) is 0. The maximum absolute atomic E-state index is 4.42. The summed E-state index contributed by atoms with van der Waals surface area (Å²) in [5.41, 5.74) is 0. The second-order valence-corrected chi connectivity index (χ2v) is 5.09. The van der Waals surface area contributed by atoms with E-state index >= 15 is 0 Å². The summed E-state index contributed by atoms with van der Waals surface area (Å²) in [6.07, 6.45) is 1.68. The van der Waals surface area contributed by atoms with Crippen LogP contribution in [0.1, 0.15) is 44.2 Å². The molecular formula is C11H18N6S. The molecule has 0 radical (unpaired) electrons. The van der Waals surface area contributed by atoms with Crippen molar-refractivity contribution in [2.24, 2.45) is 0 Å². The minimum absolute atomic E-state index is 0.359. The van der Waals surface area contributed by atoms with Gasteiger partial charge in [-0.15, -0.1) is 0 Å². The van der Waals surface area contributed by atoms with Gasteiger partial charge in [-0.05, 0) is 0 Å². The number of anilines is 1. The lowest BCUT2D eigenvalue weighted by atomic mass is 10.2. The van der Waals surface area contributed by atoms with Crippen LogP contribution in [0.2, 0.25) is 0 Å². The van der Waals surface area contributed by atoms with Crippen LogP contribution in [0.4, 0.5) is 5.13 Å². The fourth-order valence-electron chi connectivity index (χ4n) is 1.44. The zero-order valence-electron chi connectivity index (χ0n) is 10.9. The van der Waals surface area contributed by atoms with E-state index in [0.717, 1.165) is 42.0 Å². The summed E-state index contributed by atoms with van der Waals surface area (Å²) in [4.78, 5) is 8.77. The fraction of sp³-hybridized carbons (Fsp3) is 0.636. The molecular weight excluding hydrogens is 248 g/mol. The summed E-state index contributed by atoms with van der Waals surface area (Å²) in [7, 11) is 0. The van der Waals surface area contributed by atoms with E-state index in [1.165, 1.54) is 11.5 Å². The van der Waals surface area contributed by atoms with Gasteiger partial charge < -0.3 is 5.32 Å². The zero-order valence-corrected chi connectivity index (χ0v) is 11.7. The highest BCUT2D eigenvalue weighted by atomic mass is 32.1. The Hall–Kier alpha value is -1.50. The van der Waals surface area contributed by atoms with Gasteiger partial charge in [0.2, 0.25) is 5.13 Å². The third-order valence-electron chi connectivity index (χ3n) is 2.49. The van der Waals surface area contributed by atoms with Gasteiger partial charge >= 0.3 is 0 Å². The summed E-state index contributed by atoms with van der Waals surface area (Å²) in [5.74, 6) is 3.03. The van der Waals surface area contributed by atoms with E-state index in [9.17, 15) is 0 Å². The number of nitrogens with one attached hydrogen (secondary N) is 2. The van der Waals surface area contributed by atoms with Crippen LogP contribution in [0.25, 0.3) is 0 Å². The molecule has 0 aromatic carbocycles. The van der Waals surface area contributed by atoms with Crippen molar-refractivity contribution < 1.29 is 0 Å². The molecule has 2 aromatic rings. The molecule has 0 atom stereocenters. The molecule has 0 bridgehead atoms. The molecule has 2 rings (SSSR count). The Balaban J connectivity index is 1.80. The van der Waals surface area contributed by atoms with Crippen LogP contribution < -0.4 is 5.32 Å². The monoisotopic (exact) mass is 266 g/mol.